The number of β-amino-alcohol motifs (C(OH)–C–C–N with tert-alkyl or cyclic N) is 1. The molecule has 1 aliphatic heterocycles. The molecule has 200 valence electrons. The summed E-state index contributed by atoms with van der Waals surface area (Å²) in [5.74, 6) is -0.248. The Hall–Kier alpha value is -3.12. The van der Waals surface area contributed by atoms with E-state index < -0.39 is 11.7 Å². The van der Waals surface area contributed by atoms with Crippen molar-refractivity contribution in [2.24, 2.45) is 0 Å². The molecule has 12 heteroatoms. The highest BCUT2D eigenvalue weighted by Crippen LogP contribution is 2.42. The molecule has 0 saturated carbocycles. The van der Waals surface area contributed by atoms with E-state index >= 15 is 0 Å². The van der Waals surface area contributed by atoms with Crippen LogP contribution in [-0.4, -0.2) is 69.6 Å². The molecule has 4 aromatic rings. The zero-order valence-electron chi connectivity index (χ0n) is 20.2. The molecule has 3 heterocycles. The minimum Gasteiger partial charge on any atom is -0.492 e. The fraction of sp³-hybridized carbons (Fsp3) is 0.308. The number of nitrogens with one attached hydrogen (secondary N) is 1. The number of halogens is 4. The predicted octanol–water partition coefficient (Wildman–Crippen LogP) is 5.49. The number of aliphatic hydroxyl groups is 1. The average molecular weight is 564 g/mol. The lowest BCUT2D eigenvalue weighted by Crippen LogP contribution is -2.32. The molecule has 0 spiro atoms. The van der Waals surface area contributed by atoms with E-state index in [-0.39, 0.29) is 23.1 Å². The van der Waals surface area contributed by atoms with Gasteiger partial charge in [-0.3, -0.25) is 10.00 Å². The van der Waals surface area contributed by atoms with Crippen LogP contribution in [0.25, 0.3) is 22.6 Å². The van der Waals surface area contributed by atoms with Gasteiger partial charge in [-0.05, 0) is 54.4 Å². The van der Waals surface area contributed by atoms with Crippen LogP contribution in [0.4, 0.5) is 18.3 Å². The quantitative estimate of drug-likeness (QED) is 0.269. The summed E-state index contributed by atoms with van der Waals surface area (Å²) in [5.41, 5.74) is 0.846. The third-order valence-electron chi connectivity index (χ3n) is 6.49. The minimum atomic E-state index is -4.62. The fourth-order valence-corrected chi connectivity index (χ4v) is 5.81. The summed E-state index contributed by atoms with van der Waals surface area (Å²) in [7, 11) is 0. The highest BCUT2D eigenvalue weighted by Gasteiger charge is 2.33. The molecule has 1 fully saturated rings. The van der Waals surface area contributed by atoms with Crippen molar-refractivity contribution in [2.45, 2.75) is 12.6 Å². The third kappa shape index (κ3) is 5.65. The van der Waals surface area contributed by atoms with Gasteiger partial charge >= 0.3 is 6.18 Å². The number of alkyl halides is 3. The number of thiazole rings is 1. The number of aromatic amines is 1. The Morgan fingerprint density at radius 2 is 1.97 bits per heavy atom. The molecule has 5 rings (SSSR count). The number of aromatic nitrogens is 3. The maximum absolute atomic E-state index is 13.9. The molecule has 0 aliphatic carbocycles. The van der Waals surface area contributed by atoms with Crippen molar-refractivity contribution in [3.63, 3.8) is 0 Å². The smallest absolute Gasteiger partial charge is 0.417 e. The first kappa shape index (κ1) is 26.5. The topological polar surface area (TPSA) is 88.5 Å². The number of aromatic hydroxyl groups is 1. The molecule has 3 N–H and O–H groups in total. The fourth-order valence-electron chi connectivity index (χ4n) is 4.58. The monoisotopic (exact) mass is 563 g/mol. The largest absolute Gasteiger partial charge is 0.492 e. The molecule has 0 radical (unpaired) electrons. The van der Waals surface area contributed by atoms with Crippen LogP contribution in [-0.2, 0) is 6.18 Å². The van der Waals surface area contributed by atoms with Crippen LogP contribution < -0.4 is 4.90 Å². The first-order valence-corrected chi connectivity index (χ1v) is 13.2. The summed E-state index contributed by atoms with van der Waals surface area (Å²) in [6.45, 7) is 3.62. The Morgan fingerprint density at radius 1 is 1.13 bits per heavy atom. The Kier molecular flexibility index (Phi) is 7.62. The molecular formula is C26H25ClF3N5O2S. The lowest BCUT2D eigenvalue weighted by molar-refractivity contribution is -0.137. The van der Waals surface area contributed by atoms with Crippen LogP contribution >= 0.6 is 22.9 Å². The van der Waals surface area contributed by atoms with E-state index in [1.54, 1.807) is 18.3 Å². The van der Waals surface area contributed by atoms with Gasteiger partial charge in [-0.25, -0.2) is 0 Å². The highest BCUT2D eigenvalue weighted by atomic mass is 35.5. The maximum atomic E-state index is 13.9. The van der Waals surface area contributed by atoms with Gasteiger partial charge in [0.15, 0.2) is 5.13 Å². The SMILES string of the molecule is OCCN1CCCN(c2nc(O)c(C(=Cc3ccc(Cl)cc3C(F)(F)F)c3ccc4[nH]ncc4c3)s2)CC1. The van der Waals surface area contributed by atoms with Crippen molar-refractivity contribution in [2.75, 3.05) is 44.2 Å². The van der Waals surface area contributed by atoms with Crippen LogP contribution in [0.2, 0.25) is 5.02 Å². The number of nitrogens with zero attached hydrogens (tertiary/aromatic N) is 4. The van der Waals surface area contributed by atoms with Crippen molar-refractivity contribution in [1.82, 2.24) is 20.1 Å². The van der Waals surface area contributed by atoms with Crippen molar-refractivity contribution < 1.29 is 23.4 Å². The molecule has 2 aromatic carbocycles. The van der Waals surface area contributed by atoms with Gasteiger partial charge in [0.2, 0.25) is 5.88 Å². The van der Waals surface area contributed by atoms with E-state index in [4.69, 9.17) is 11.6 Å². The number of aliphatic hydroxyl groups excluding tert-OH is 1. The van der Waals surface area contributed by atoms with E-state index in [2.05, 4.69) is 25.0 Å². The van der Waals surface area contributed by atoms with Gasteiger partial charge in [0.25, 0.3) is 0 Å². The average Bonchev–Trinajstić information content (AvgIpc) is 3.43. The molecule has 38 heavy (non-hydrogen) atoms. The number of rotatable bonds is 6. The number of benzene rings is 2. The van der Waals surface area contributed by atoms with Gasteiger partial charge in [0.1, 0.15) is 4.88 Å². The first-order chi connectivity index (χ1) is 18.2. The van der Waals surface area contributed by atoms with Crippen molar-refractivity contribution in [1.29, 1.82) is 0 Å². The lowest BCUT2D eigenvalue weighted by Gasteiger charge is -2.20. The van der Waals surface area contributed by atoms with E-state index in [0.29, 0.717) is 40.8 Å². The Balaban J connectivity index is 1.60. The van der Waals surface area contributed by atoms with E-state index in [1.807, 2.05) is 6.07 Å². The molecule has 1 saturated heterocycles. The summed E-state index contributed by atoms with van der Waals surface area (Å²) in [6.07, 6.45) is -0.713. The van der Waals surface area contributed by atoms with E-state index in [0.717, 1.165) is 36.5 Å². The second kappa shape index (κ2) is 10.9. The van der Waals surface area contributed by atoms with Crippen molar-refractivity contribution in [3.8, 4) is 5.88 Å². The highest BCUT2D eigenvalue weighted by molar-refractivity contribution is 7.17. The predicted molar refractivity (Wildman–Crippen MR) is 144 cm³/mol. The van der Waals surface area contributed by atoms with Gasteiger partial charge in [-0.1, -0.05) is 35.1 Å². The van der Waals surface area contributed by atoms with Gasteiger partial charge in [0, 0.05) is 42.2 Å². The molecule has 0 bridgehead atoms. The molecule has 7 nitrogen and oxygen atoms in total. The molecule has 0 unspecified atom stereocenters. The van der Waals surface area contributed by atoms with Crippen LogP contribution in [0.15, 0.2) is 42.6 Å². The van der Waals surface area contributed by atoms with Gasteiger partial charge in [-0.2, -0.15) is 23.3 Å². The summed E-state index contributed by atoms with van der Waals surface area (Å²) >= 11 is 7.14. The second-order valence-corrected chi connectivity index (χ2v) is 10.4. The number of hydrogen-bond donors (Lipinski definition) is 3. The van der Waals surface area contributed by atoms with E-state index in [1.165, 1.54) is 29.5 Å². The zero-order chi connectivity index (χ0) is 26.9. The molecule has 0 atom stereocenters. The second-order valence-electron chi connectivity index (χ2n) is 9.01. The first-order valence-electron chi connectivity index (χ1n) is 12.0. The summed E-state index contributed by atoms with van der Waals surface area (Å²) in [5, 5.41) is 28.5. The third-order valence-corrected chi connectivity index (χ3v) is 7.86. The van der Waals surface area contributed by atoms with Crippen molar-refractivity contribution >= 4 is 50.6 Å². The molecular weight excluding hydrogens is 539 g/mol. The molecule has 1 aliphatic rings. The van der Waals surface area contributed by atoms with Crippen LogP contribution in [0.5, 0.6) is 5.88 Å². The van der Waals surface area contributed by atoms with Gasteiger partial charge in [-0.15, -0.1) is 0 Å². The van der Waals surface area contributed by atoms with E-state index in [9.17, 15) is 23.4 Å². The van der Waals surface area contributed by atoms with Crippen LogP contribution in [0.3, 0.4) is 0 Å². The molecule has 2 aromatic heterocycles. The summed E-state index contributed by atoms with van der Waals surface area (Å²) in [6, 6.07) is 9.01. The Morgan fingerprint density at radius 3 is 2.76 bits per heavy atom. The van der Waals surface area contributed by atoms with Gasteiger partial charge < -0.3 is 15.1 Å². The van der Waals surface area contributed by atoms with Crippen LogP contribution in [0, 0.1) is 0 Å². The summed E-state index contributed by atoms with van der Waals surface area (Å²) in [4.78, 5) is 8.99. The number of H-pyrrole nitrogens is 1. The van der Waals surface area contributed by atoms with Crippen molar-refractivity contribution in [3.05, 3.63) is 69.2 Å². The summed E-state index contributed by atoms with van der Waals surface area (Å²) < 4.78 is 41.7. The standard InChI is InChI=1S/C26H25ClF3N5O2S/c27-19-4-2-17(21(14-19)26(28,29)30)13-20(16-3-5-22-18(12-16)15-31-33-22)23-24(37)32-25(38-23)35-7-1-6-34(8-9-35)10-11-36/h2-5,12-15,36-37H,1,6-11H2,(H,31,33). The number of fused-ring (bicyclic) bond motifs is 1. The maximum Gasteiger partial charge on any atom is 0.417 e. The number of anilines is 1. The van der Waals surface area contributed by atoms with Gasteiger partial charge in [0.05, 0.1) is 23.9 Å². The Bertz CT molecular complexity index is 1470. The molecule has 0 amide bonds. The minimum absolute atomic E-state index is 0.0184. The van der Waals surface area contributed by atoms with Crippen LogP contribution in [0.1, 0.15) is 28.0 Å². The normalized spacial score (nSPS) is 15.8. The lowest BCUT2D eigenvalue weighted by atomic mass is 9.98. The zero-order valence-corrected chi connectivity index (χ0v) is 21.7. The number of hydrogen-bond acceptors (Lipinski definition) is 7. The Labute approximate surface area is 225 Å².